The predicted octanol–water partition coefficient (Wildman–Crippen LogP) is 4.55. The summed E-state index contributed by atoms with van der Waals surface area (Å²) in [5.74, 6) is 0.0934. The van der Waals surface area contributed by atoms with E-state index in [-0.39, 0.29) is 17.2 Å². The van der Waals surface area contributed by atoms with Crippen LogP contribution in [0.25, 0.3) is 11.1 Å². The first kappa shape index (κ1) is 18.0. The standard InChI is InChI=1S/C20H22F2N4O/c1-12-5-3-7-15(23-12)11-26-8-4-6-14(10-26)17-9-16(19(21)22)18-13(2)25-27-20(18)24-17/h3,5,7,9,14,19H,4,6,8,10-11H2,1-2H3. The fourth-order valence-corrected chi connectivity index (χ4v) is 3.89. The fraction of sp³-hybridized carbons (Fsp3) is 0.450. The number of hydrogen-bond acceptors (Lipinski definition) is 5. The third-order valence-corrected chi connectivity index (χ3v) is 5.16. The molecule has 0 spiro atoms. The molecule has 0 bridgehead atoms. The number of fused-ring (bicyclic) bond motifs is 1. The Morgan fingerprint density at radius 2 is 2.11 bits per heavy atom. The van der Waals surface area contributed by atoms with E-state index in [0.717, 1.165) is 43.9 Å². The maximum atomic E-state index is 13.6. The minimum atomic E-state index is -2.58. The van der Waals surface area contributed by atoms with E-state index in [9.17, 15) is 8.78 Å². The monoisotopic (exact) mass is 372 g/mol. The van der Waals surface area contributed by atoms with Crippen molar-refractivity contribution in [2.24, 2.45) is 0 Å². The number of hydrogen-bond donors (Lipinski definition) is 0. The van der Waals surface area contributed by atoms with Crippen molar-refractivity contribution in [1.82, 2.24) is 20.0 Å². The van der Waals surface area contributed by atoms with Crippen molar-refractivity contribution in [1.29, 1.82) is 0 Å². The Labute approximate surface area is 156 Å². The van der Waals surface area contributed by atoms with Crippen molar-refractivity contribution in [3.05, 3.63) is 52.6 Å². The summed E-state index contributed by atoms with van der Waals surface area (Å²) in [6.07, 6.45) is -0.662. The molecule has 1 fully saturated rings. The lowest BCUT2D eigenvalue weighted by atomic mass is 9.92. The van der Waals surface area contributed by atoms with Gasteiger partial charge in [-0.2, -0.15) is 0 Å². The minimum absolute atomic E-state index is 0.0359. The summed E-state index contributed by atoms with van der Waals surface area (Å²) in [5.41, 5.74) is 3.31. The second-order valence-electron chi connectivity index (χ2n) is 7.23. The summed E-state index contributed by atoms with van der Waals surface area (Å²) >= 11 is 0. The molecule has 142 valence electrons. The van der Waals surface area contributed by atoms with Crippen molar-refractivity contribution in [3.63, 3.8) is 0 Å². The van der Waals surface area contributed by atoms with Crippen LogP contribution in [0.5, 0.6) is 0 Å². The van der Waals surface area contributed by atoms with Gasteiger partial charge in [-0.3, -0.25) is 9.88 Å². The van der Waals surface area contributed by atoms with E-state index in [1.54, 1.807) is 6.92 Å². The molecule has 0 amide bonds. The van der Waals surface area contributed by atoms with E-state index in [0.29, 0.717) is 16.8 Å². The molecule has 0 saturated carbocycles. The van der Waals surface area contributed by atoms with Crippen LogP contribution in [0.3, 0.4) is 0 Å². The molecule has 7 heteroatoms. The zero-order chi connectivity index (χ0) is 19.0. The molecule has 3 aromatic heterocycles. The highest BCUT2D eigenvalue weighted by atomic mass is 19.3. The second kappa shape index (κ2) is 7.31. The van der Waals surface area contributed by atoms with Gasteiger partial charge in [-0.15, -0.1) is 0 Å². The fourth-order valence-electron chi connectivity index (χ4n) is 3.89. The number of aromatic nitrogens is 3. The lowest BCUT2D eigenvalue weighted by molar-refractivity contribution is 0.152. The molecule has 1 aliphatic heterocycles. The number of nitrogens with zero attached hydrogens (tertiary/aromatic N) is 4. The highest BCUT2D eigenvalue weighted by molar-refractivity contribution is 5.80. The van der Waals surface area contributed by atoms with Gasteiger partial charge in [-0.05, 0) is 51.4 Å². The van der Waals surface area contributed by atoms with Crippen molar-refractivity contribution in [2.45, 2.75) is 45.6 Å². The molecule has 5 nitrogen and oxygen atoms in total. The van der Waals surface area contributed by atoms with Crippen LogP contribution in [0.15, 0.2) is 28.8 Å². The van der Waals surface area contributed by atoms with E-state index >= 15 is 0 Å². The number of aryl methyl sites for hydroxylation is 2. The van der Waals surface area contributed by atoms with Crippen LogP contribution in [0.4, 0.5) is 8.78 Å². The van der Waals surface area contributed by atoms with Crippen LogP contribution in [0.2, 0.25) is 0 Å². The molecule has 0 aliphatic carbocycles. The molecule has 0 radical (unpaired) electrons. The first-order valence-electron chi connectivity index (χ1n) is 9.21. The van der Waals surface area contributed by atoms with E-state index in [1.165, 1.54) is 6.07 Å². The second-order valence-corrected chi connectivity index (χ2v) is 7.23. The normalized spacial score (nSPS) is 18.5. The van der Waals surface area contributed by atoms with Crippen molar-refractivity contribution >= 4 is 11.1 Å². The Morgan fingerprint density at radius 1 is 1.26 bits per heavy atom. The molecule has 3 aromatic rings. The Morgan fingerprint density at radius 3 is 2.89 bits per heavy atom. The van der Waals surface area contributed by atoms with E-state index < -0.39 is 6.43 Å². The van der Waals surface area contributed by atoms with Gasteiger partial charge in [0.1, 0.15) is 0 Å². The number of halogens is 2. The Balaban J connectivity index is 1.59. The van der Waals surface area contributed by atoms with Gasteiger partial charge in [-0.1, -0.05) is 11.2 Å². The SMILES string of the molecule is Cc1cccc(CN2CCCC(c3cc(C(F)F)c4c(C)noc4n3)C2)n1. The maximum absolute atomic E-state index is 13.6. The number of rotatable bonds is 4. The van der Waals surface area contributed by atoms with Gasteiger partial charge in [0.15, 0.2) is 0 Å². The molecule has 4 heterocycles. The largest absolute Gasteiger partial charge is 0.336 e. The van der Waals surface area contributed by atoms with Crippen LogP contribution in [0.1, 0.15) is 53.5 Å². The summed E-state index contributed by atoms with van der Waals surface area (Å²) in [6, 6.07) is 7.55. The molecular formula is C20H22F2N4O. The topological polar surface area (TPSA) is 55.1 Å². The summed E-state index contributed by atoms with van der Waals surface area (Å²) < 4.78 is 32.4. The predicted molar refractivity (Wildman–Crippen MR) is 97.7 cm³/mol. The third-order valence-electron chi connectivity index (χ3n) is 5.16. The van der Waals surface area contributed by atoms with Gasteiger partial charge in [0, 0.05) is 36.0 Å². The van der Waals surface area contributed by atoms with Gasteiger partial charge in [-0.25, -0.2) is 13.8 Å². The first-order valence-corrected chi connectivity index (χ1v) is 9.21. The van der Waals surface area contributed by atoms with Crippen molar-refractivity contribution in [2.75, 3.05) is 13.1 Å². The van der Waals surface area contributed by atoms with Gasteiger partial charge < -0.3 is 4.52 Å². The van der Waals surface area contributed by atoms with Crippen molar-refractivity contribution in [3.8, 4) is 0 Å². The van der Waals surface area contributed by atoms with Crippen LogP contribution in [0, 0.1) is 13.8 Å². The smallest absolute Gasteiger partial charge is 0.264 e. The summed E-state index contributed by atoms with van der Waals surface area (Å²) in [5, 5.41) is 4.15. The van der Waals surface area contributed by atoms with E-state index in [2.05, 4.69) is 20.0 Å². The Hall–Kier alpha value is -2.41. The average molecular weight is 372 g/mol. The molecular weight excluding hydrogens is 350 g/mol. The van der Waals surface area contributed by atoms with E-state index in [1.807, 2.05) is 25.1 Å². The molecule has 1 unspecified atom stereocenters. The van der Waals surface area contributed by atoms with Gasteiger partial charge in [0.2, 0.25) is 0 Å². The van der Waals surface area contributed by atoms with Crippen LogP contribution in [-0.2, 0) is 6.54 Å². The first-order chi connectivity index (χ1) is 13.0. The summed E-state index contributed by atoms with van der Waals surface area (Å²) in [4.78, 5) is 11.4. The zero-order valence-electron chi connectivity index (χ0n) is 15.5. The molecule has 1 saturated heterocycles. The van der Waals surface area contributed by atoms with E-state index in [4.69, 9.17) is 4.52 Å². The van der Waals surface area contributed by atoms with Gasteiger partial charge in [0.05, 0.1) is 16.8 Å². The summed E-state index contributed by atoms with van der Waals surface area (Å²) in [7, 11) is 0. The van der Waals surface area contributed by atoms with Crippen LogP contribution >= 0.6 is 0 Å². The average Bonchev–Trinajstić information content (AvgIpc) is 3.02. The number of pyridine rings is 2. The number of likely N-dealkylation sites (tertiary alicyclic amines) is 1. The lowest BCUT2D eigenvalue weighted by Gasteiger charge is -2.32. The van der Waals surface area contributed by atoms with Gasteiger partial charge >= 0.3 is 0 Å². The van der Waals surface area contributed by atoms with Crippen LogP contribution in [-0.4, -0.2) is 33.1 Å². The molecule has 1 aliphatic rings. The minimum Gasteiger partial charge on any atom is -0.336 e. The molecule has 0 aromatic carbocycles. The maximum Gasteiger partial charge on any atom is 0.264 e. The number of piperidine rings is 1. The van der Waals surface area contributed by atoms with Crippen molar-refractivity contribution < 1.29 is 13.3 Å². The molecule has 1 atom stereocenters. The highest BCUT2D eigenvalue weighted by Gasteiger charge is 2.26. The zero-order valence-corrected chi connectivity index (χ0v) is 15.5. The third kappa shape index (κ3) is 3.69. The number of alkyl halides is 2. The quantitative estimate of drug-likeness (QED) is 0.672. The Bertz CT molecular complexity index is 956. The van der Waals surface area contributed by atoms with Gasteiger partial charge in [0.25, 0.3) is 12.1 Å². The molecule has 27 heavy (non-hydrogen) atoms. The lowest BCUT2D eigenvalue weighted by Crippen LogP contribution is -2.34. The van der Waals surface area contributed by atoms with Crippen LogP contribution < -0.4 is 0 Å². The molecule has 4 rings (SSSR count). The highest BCUT2D eigenvalue weighted by Crippen LogP contribution is 2.34. The Kier molecular flexibility index (Phi) is 4.86. The summed E-state index contributed by atoms with van der Waals surface area (Å²) in [6.45, 7) is 6.13. The molecule has 0 N–H and O–H groups in total.